The number of sulfonamides is 1. The Hall–Kier alpha value is -0.950. The highest BCUT2D eigenvalue weighted by Gasteiger charge is 2.30. The van der Waals surface area contributed by atoms with Crippen molar-refractivity contribution in [2.24, 2.45) is 0 Å². The molecule has 2 rings (SSSR count). The average Bonchev–Trinajstić information content (AvgIpc) is 2.48. The van der Waals surface area contributed by atoms with Crippen molar-refractivity contribution in [2.45, 2.75) is 37.4 Å². The Morgan fingerprint density at radius 2 is 1.95 bits per heavy atom. The predicted molar refractivity (Wildman–Crippen MR) is 75.8 cm³/mol. The first-order valence-corrected chi connectivity index (χ1v) is 8.34. The maximum absolute atomic E-state index is 12.6. The predicted octanol–water partition coefficient (Wildman–Crippen LogP) is 1.37. The van der Waals surface area contributed by atoms with Gasteiger partial charge in [-0.2, -0.15) is 4.31 Å². The van der Waals surface area contributed by atoms with Crippen molar-refractivity contribution in [1.29, 1.82) is 0 Å². The van der Waals surface area contributed by atoms with Crippen molar-refractivity contribution in [1.82, 2.24) is 4.31 Å². The van der Waals surface area contributed by atoms with Crippen LogP contribution in [0.15, 0.2) is 29.2 Å². The molecule has 0 aromatic heterocycles. The lowest BCUT2D eigenvalue weighted by Gasteiger charge is -2.31. The molecule has 0 bridgehead atoms. The van der Waals surface area contributed by atoms with Crippen LogP contribution >= 0.6 is 0 Å². The first kappa shape index (κ1) is 15.4. The van der Waals surface area contributed by atoms with Crippen LogP contribution in [0, 0.1) is 0 Å². The van der Waals surface area contributed by atoms with E-state index >= 15 is 0 Å². The summed E-state index contributed by atoms with van der Waals surface area (Å²) in [5.74, 6) is 0. The van der Waals surface area contributed by atoms with Crippen LogP contribution in [0.5, 0.6) is 0 Å². The van der Waals surface area contributed by atoms with Crippen LogP contribution < -0.4 is 0 Å². The third-order valence-electron chi connectivity index (χ3n) is 3.56. The molecule has 0 aliphatic carbocycles. The van der Waals surface area contributed by atoms with Gasteiger partial charge in [0.05, 0.1) is 17.6 Å². The van der Waals surface area contributed by atoms with Crippen LogP contribution in [0.2, 0.25) is 0 Å². The Bertz CT molecular complexity index is 536. The molecule has 1 saturated heterocycles. The molecule has 0 atom stereocenters. The Morgan fingerprint density at radius 1 is 1.30 bits per heavy atom. The SMILES string of the molecule is CCOC1CCN(S(=O)(=O)c2ccccc2CO)CC1. The molecule has 0 unspecified atom stereocenters. The van der Waals surface area contributed by atoms with Gasteiger partial charge in [0, 0.05) is 19.7 Å². The zero-order valence-electron chi connectivity index (χ0n) is 11.7. The molecule has 0 amide bonds. The quantitative estimate of drug-likeness (QED) is 0.891. The first-order valence-electron chi connectivity index (χ1n) is 6.90. The summed E-state index contributed by atoms with van der Waals surface area (Å²) in [6.07, 6.45) is 1.59. The van der Waals surface area contributed by atoms with Gasteiger partial charge in [-0.3, -0.25) is 0 Å². The van der Waals surface area contributed by atoms with Gasteiger partial charge in [0.1, 0.15) is 0 Å². The van der Waals surface area contributed by atoms with Gasteiger partial charge in [0.2, 0.25) is 10.0 Å². The largest absolute Gasteiger partial charge is 0.392 e. The lowest BCUT2D eigenvalue weighted by atomic mass is 10.1. The molecule has 0 saturated carbocycles. The zero-order chi connectivity index (χ0) is 14.6. The summed E-state index contributed by atoms with van der Waals surface area (Å²) in [4.78, 5) is 0.206. The van der Waals surface area contributed by atoms with Crippen LogP contribution in [0.1, 0.15) is 25.3 Å². The second-order valence-corrected chi connectivity index (χ2v) is 6.73. The summed E-state index contributed by atoms with van der Waals surface area (Å²) >= 11 is 0. The molecule has 0 radical (unpaired) electrons. The van der Waals surface area contributed by atoms with Gasteiger partial charge in [0.15, 0.2) is 0 Å². The highest BCUT2D eigenvalue weighted by Crippen LogP contribution is 2.24. The van der Waals surface area contributed by atoms with E-state index in [-0.39, 0.29) is 17.6 Å². The van der Waals surface area contributed by atoms with Crippen LogP contribution in [0.3, 0.4) is 0 Å². The number of piperidine rings is 1. The number of benzene rings is 1. The molecule has 6 heteroatoms. The maximum atomic E-state index is 12.6. The Morgan fingerprint density at radius 3 is 2.55 bits per heavy atom. The minimum absolute atomic E-state index is 0.152. The standard InChI is InChI=1S/C14H21NO4S/c1-2-19-13-7-9-15(10-8-13)20(17,18)14-6-4-3-5-12(14)11-16/h3-6,13,16H,2,7-11H2,1H3. The highest BCUT2D eigenvalue weighted by atomic mass is 32.2. The van der Waals surface area contributed by atoms with Crippen LogP contribution in [0.25, 0.3) is 0 Å². The Balaban J connectivity index is 2.16. The van der Waals surface area contributed by atoms with Crippen molar-refractivity contribution in [3.8, 4) is 0 Å². The Kier molecular flexibility index (Phi) is 5.15. The molecular weight excluding hydrogens is 278 g/mol. The van der Waals surface area contributed by atoms with E-state index in [9.17, 15) is 13.5 Å². The van der Waals surface area contributed by atoms with Gasteiger partial charge >= 0.3 is 0 Å². The molecule has 1 aromatic carbocycles. The van der Waals surface area contributed by atoms with Crippen molar-refractivity contribution in [2.75, 3.05) is 19.7 Å². The summed E-state index contributed by atoms with van der Waals surface area (Å²) in [5.41, 5.74) is 0.444. The average molecular weight is 299 g/mol. The third-order valence-corrected chi connectivity index (χ3v) is 5.56. The van der Waals surface area contributed by atoms with Gasteiger partial charge in [0.25, 0.3) is 0 Å². The van der Waals surface area contributed by atoms with Crippen molar-refractivity contribution < 1.29 is 18.3 Å². The van der Waals surface area contributed by atoms with Crippen molar-refractivity contribution >= 4 is 10.0 Å². The van der Waals surface area contributed by atoms with Crippen LogP contribution in [0.4, 0.5) is 0 Å². The minimum Gasteiger partial charge on any atom is -0.392 e. The van der Waals surface area contributed by atoms with E-state index in [0.717, 1.165) is 0 Å². The molecule has 1 aliphatic rings. The minimum atomic E-state index is -3.53. The van der Waals surface area contributed by atoms with Crippen LogP contribution in [-0.2, 0) is 21.4 Å². The molecule has 1 heterocycles. The lowest BCUT2D eigenvalue weighted by Crippen LogP contribution is -2.41. The van der Waals surface area contributed by atoms with Crippen molar-refractivity contribution in [3.05, 3.63) is 29.8 Å². The molecule has 20 heavy (non-hydrogen) atoms. The highest BCUT2D eigenvalue weighted by molar-refractivity contribution is 7.89. The number of hydrogen-bond donors (Lipinski definition) is 1. The zero-order valence-corrected chi connectivity index (χ0v) is 12.5. The first-order chi connectivity index (χ1) is 9.59. The van der Waals surface area contributed by atoms with E-state index in [2.05, 4.69) is 0 Å². The number of hydrogen-bond acceptors (Lipinski definition) is 4. The van der Waals surface area contributed by atoms with Crippen LogP contribution in [-0.4, -0.2) is 43.6 Å². The third kappa shape index (κ3) is 3.20. The number of aliphatic hydroxyl groups is 1. The molecule has 0 spiro atoms. The molecule has 1 N–H and O–H groups in total. The summed E-state index contributed by atoms with van der Waals surface area (Å²) in [7, 11) is -3.53. The smallest absolute Gasteiger partial charge is 0.243 e. The van der Waals surface area contributed by atoms with Gasteiger partial charge in [-0.25, -0.2) is 8.42 Å². The van der Waals surface area contributed by atoms with E-state index in [1.54, 1.807) is 24.3 Å². The summed E-state index contributed by atoms with van der Waals surface area (Å²) < 4.78 is 32.2. The van der Waals surface area contributed by atoms with Gasteiger partial charge in [-0.1, -0.05) is 18.2 Å². The molecule has 1 fully saturated rings. The summed E-state index contributed by atoms with van der Waals surface area (Å²) in [6, 6.07) is 6.60. The number of rotatable bonds is 5. The number of aliphatic hydroxyl groups excluding tert-OH is 1. The van der Waals surface area contributed by atoms with Gasteiger partial charge in [-0.15, -0.1) is 0 Å². The molecule has 112 valence electrons. The summed E-state index contributed by atoms with van der Waals surface area (Å²) in [5, 5.41) is 9.29. The van der Waals surface area contributed by atoms with E-state index in [1.807, 2.05) is 6.92 Å². The fourth-order valence-corrected chi connectivity index (χ4v) is 4.18. The second kappa shape index (κ2) is 6.67. The summed E-state index contributed by atoms with van der Waals surface area (Å²) in [6.45, 7) is 3.26. The fourth-order valence-electron chi connectivity index (χ4n) is 2.50. The maximum Gasteiger partial charge on any atom is 0.243 e. The van der Waals surface area contributed by atoms with Crippen molar-refractivity contribution in [3.63, 3.8) is 0 Å². The number of ether oxygens (including phenoxy) is 1. The topological polar surface area (TPSA) is 66.8 Å². The second-order valence-electron chi connectivity index (χ2n) is 4.82. The lowest BCUT2D eigenvalue weighted by molar-refractivity contribution is 0.0290. The van der Waals surface area contributed by atoms with E-state index in [4.69, 9.17) is 4.74 Å². The fraction of sp³-hybridized carbons (Fsp3) is 0.571. The molecule has 5 nitrogen and oxygen atoms in total. The van der Waals surface area contributed by atoms with Gasteiger partial charge in [-0.05, 0) is 31.4 Å². The van der Waals surface area contributed by atoms with E-state index < -0.39 is 10.0 Å². The molecular formula is C14H21NO4S. The van der Waals surface area contributed by atoms with E-state index in [1.165, 1.54) is 4.31 Å². The van der Waals surface area contributed by atoms with Gasteiger partial charge < -0.3 is 9.84 Å². The van der Waals surface area contributed by atoms with E-state index in [0.29, 0.717) is 38.1 Å². The monoisotopic (exact) mass is 299 g/mol. The number of nitrogens with zero attached hydrogens (tertiary/aromatic N) is 1. The Labute approximate surface area is 120 Å². The molecule has 1 aromatic rings. The molecule has 1 aliphatic heterocycles. The normalized spacial score (nSPS) is 18.3.